The molecule has 0 aromatic heterocycles. The molecule has 1 unspecified atom stereocenters. The lowest BCUT2D eigenvalue weighted by Gasteiger charge is -2.31. The summed E-state index contributed by atoms with van der Waals surface area (Å²) in [4.78, 5) is 29.8. The molecular weight excluding hydrogens is 448 g/mol. The number of likely N-dealkylation sites (tertiary alicyclic amines) is 1. The predicted molar refractivity (Wildman–Crippen MR) is 122 cm³/mol. The van der Waals surface area contributed by atoms with Gasteiger partial charge in [0.15, 0.2) is 0 Å². The largest absolute Gasteiger partial charge is 0.507 e. The highest BCUT2D eigenvalue weighted by atomic mass is 35.5. The lowest BCUT2D eigenvalue weighted by molar-refractivity contribution is -0.140. The number of methoxy groups -OCH3 is 1. The third-order valence-corrected chi connectivity index (χ3v) is 6.16. The van der Waals surface area contributed by atoms with Gasteiger partial charge in [0.2, 0.25) is 0 Å². The molecule has 1 atom stereocenters. The summed E-state index contributed by atoms with van der Waals surface area (Å²) in [6, 6.07) is 10.3. The first-order valence-electron chi connectivity index (χ1n) is 10.6. The van der Waals surface area contributed by atoms with Crippen LogP contribution in [0, 0.1) is 0 Å². The van der Waals surface area contributed by atoms with E-state index in [2.05, 4.69) is 4.90 Å². The fourth-order valence-corrected chi connectivity index (χ4v) is 4.36. The van der Waals surface area contributed by atoms with Gasteiger partial charge in [0.25, 0.3) is 11.7 Å². The molecule has 8 nitrogen and oxygen atoms in total. The van der Waals surface area contributed by atoms with Crippen LogP contribution in [0.15, 0.2) is 48.0 Å². The number of rotatable bonds is 6. The summed E-state index contributed by atoms with van der Waals surface area (Å²) in [5, 5.41) is 21.7. The smallest absolute Gasteiger partial charge is 0.295 e. The van der Waals surface area contributed by atoms with Crippen molar-refractivity contribution in [3.63, 3.8) is 0 Å². The van der Waals surface area contributed by atoms with Crippen LogP contribution in [0.1, 0.15) is 17.2 Å². The molecule has 2 aliphatic heterocycles. The molecule has 2 aliphatic rings. The van der Waals surface area contributed by atoms with Gasteiger partial charge in [-0.25, -0.2) is 0 Å². The molecular formula is C24H25ClN2O6. The van der Waals surface area contributed by atoms with Crippen LogP contribution in [0.3, 0.4) is 0 Å². The second-order valence-corrected chi connectivity index (χ2v) is 8.32. The zero-order valence-corrected chi connectivity index (χ0v) is 18.9. The summed E-state index contributed by atoms with van der Waals surface area (Å²) < 4.78 is 10.7. The molecule has 9 heteroatoms. The van der Waals surface area contributed by atoms with Crippen molar-refractivity contribution in [2.75, 3.05) is 46.5 Å². The van der Waals surface area contributed by atoms with Crippen LogP contribution < -0.4 is 4.74 Å². The number of morpholine rings is 1. The zero-order valence-electron chi connectivity index (χ0n) is 18.2. The van der Waals surface area contributed by atoms with Crippen LogP contribution in [0.4, 0.5) is 0 Å². The first-order valence-corrected chi connectivity index (χ1v) is 11.0. The summed E-state index contributed by atoms with van der Waals surface area (Å²) in [5.74, 6) is -1.70. The maximum absolute atomic E-state index is 13.1. The number of Topliss-reactive ketones (excluding diaryl/α,β-unsaturated/α-hetero) is 1. The number of phenols is 1. The van der Waals surface area contributed by atoms with E-state index in [0.29, 0.717) is 31.1 Å². The fraction of sp³-hybridized carbons (Fsp3) is 0.333. The Bertz CT molecular complexity index is 1100. The number of aliphatic hydroxyl groups excluding tert-OH is 1. The second-order valence-electron chi connectivity index (χ2n) is 7.88. The predicted octanol–water partition coefficient (Wildman–Crippen LogP) is 2.81. The lowest BCUT2D eigenvalue weighted by atomic mass is 9.95. The maximum atomic E-state index is 13.1. The van der Waals surface area contributed by atoms with Gasteiger partial charge in [0.1, 0.15) is 17.3 Å². The number of nitrogens with zero attached hydrogens (tertiary/aromatic N) is 2. The molecule has 2 saturated heterocycles. The number of ether oxygens (including phenoxy) is 2. The molecule has 2 aromatic rings. The van der Waals surface area contributed by atoms with Gasteiger partial charge in [-0.2, -0.15) is 0 Å². The zero-order chi connectivity index (χ0) is 23.5. The standard InChI is InChI=1S/C24H25ClN2O6/c1-32-17-4-2-3-15(13-17)21-20(22(29)18-14-16(25)5-6-19(18)28)23(30)24(31)27(21)8-7-26-9-11-33-12-10-26/h2-6,13-14,21,28-29H,7-12H2,1H3. The van der Waals surface area contributed by atoms with Crippen LogP contribution in [0.25, 0.3) is 5.76 Å². The first-order chi connectivity index (χ1) is 15.9. The van der Waals surface area contributed by atoms with Gasteiger partial charge in [-0.15, -0.1) is 0 Å². The van der Waals surface area contributed by atoms with Crippen LogP contribution >= 0.6 is 11.6 Å². The van der Waals surface area contributed by atoms with Crippen molar-refractivity contribution in [1.82, 2.24) is 9.80 Å². The third kappa shape index (κ3) is 4.68. The molecule has 0 saturated carbocycles. The number of phenolic OH excluding ortho intramolecular Hbond substituents is 1. The molecule has 33 heavy (non-hydrogen) atoms. The minimum atomic E-state index is -0.848. The minimum Gasteiger partial charge on any atom is -0.507 e. The normalized spacial score (nSPS) is 20.9. The van der Waals surface area contributed by atoms with Gasteiger partial charge in [-0.05, 0) is 35.9 Å². The van der Waals surface area contributed by atoms with Gasteiger partial charge in [0, 0.05) is 31.2 Å². The van der Waals surface area contributed by atoms with Crippen LogP contribution in [0.2, 0.25) is 5.02 Å². The molecule has 0 bridgehead atoms. The van der Waals surface area contributed by atoms with Gasteiger partial charge >= 0.3 is 0 Å². The molecule has 0 spiro atoms. The van der Waals surface area contributed by atoms with Crippen molar-refractivity contribution in [3.05, 3.63) is 64.2 Å². The molecule has 0 aliphatic carbocycles. The summed E-state index contributed by atoms with van der Waals surface area (Å²) >= 11 is 6.05. The number of halogens is 1. The topological polar surface area (TPSA) is 99.5 Å². The molecule has 2 aromatic carbocycles. The van der Waals surface area contributed by atoms with Gasteiger partial charge in [-0.1, -0.05) is 23.7 Å². The van der Waals surface area contributed by atoms with Crippen molar-refractivity contribution < 1.29 is 29.3 Å². The summed E-state index contributed by atoms with van der Waals surface area (Å²) in [6.45, 7) is 3.55. The maximum Gasteiger partial charge on any atom is 0.295 e. The van der Waals surface area contributed by atoms with Crippen molar-refractivity contribution in [1.29, 1.82) is 0 Å². The van der Waals surface area contributed by atoms with Crippen molar-refractivity contribution in [3.8, 4) is 11.5 Å². The van der Waals surface area contributed by atoms with Crippen molar-refractivity contribution in [2.45, 2.75) is 6.04 Å². The van der Waals surface area contributed by atoms with Gasteiger partial charge < -0.3 is 24.6 Å². The van der Waals surface area contributed by atoms with E-state index < -0.39 is 23.5 Å². The van der Waals surface area contributed by atoms with E-state index in [1.807, 2.05) is 0 Å². The summed E-state index contributed by atoms with van der Waals surface area (Å²) in [6.07, 6.45) is 0. The number of aromatic hydroxyl groups is 1. The van der Waals surface area contributed by atoms with E-state index in [1.54, 1.807) is 24.3 Å². The fourth-order valence-electron chi connectivity index (χ4n) is 4.19. The van der Waals surface area contributed by atoms with E-state index in [1.165, 1.54) is 30.2 Å². The van der Waals surface area contributed by atoms with Crippen molar-refractivity contribution >= 4 is 29.1 Å². The van der Waals surface area contributed by atoms with Crippen LogP contribution in [0.5, 0.6) is 11.5 Å². The number of benzene rings is 2. The second kappa shape index (κ2) is 9.82. The first kappa shape index (κ1) is 23.1. The van der Waals surface area contributed by atoms with E-state index >= 15 is 0 Å². The van der Waals surface area contributed by atoms with E-state index in [9.17, 15) is 19.8 Å². The van der Waals surface area contributed by atoms with E-state index in [-0.39, 0.29) is 28.5 Å². The SMILES string of the molecule is COc1cccc(C2C(=C(O)c3cc(Cl)ccc3O)C(=O)C(=O)N2CCN2CCOCC2)c1. The molecule has 4 rings (SSSR count). The van der Waals surface area contributed by atoms with E-state index in [4.69, 9.17) is 21.1 Å². The average Bonchev–Trinajstić information content (AvgIpc) is 3.09. The Balaban J connectivity index is 1.79. The number of aliphatic hydroxyl groups is 1. The minimum absolute atomic E-state index is 0.0124. The highest BCUT2D eigenvalue weighted by Gasteiger charge is 2.46. The quantitative estimate of drug-likeness (QED) is 0.379. The number of amides is 1. The van der Waals surface area contributed by atoms with Gasteiger partial charge in [0.05, 0.1) is 37.5 Å². The Hall–Kier alpha value is -3.07. The average molecular weight is 473 g/mol. The number of hydrogen-bond donors (Lipinski definition) is 2. The highest BCUT2D eigenvalue weighted by molar-refractivity contribution is 6.46. The summed E-state index contributed by atoms with van der Waals surface area (Å²) in [5.41, 5.74) is 0.493. The monoisotopic (exact) mass is 472 g/mol. The molecule has 2 N–H and O–H groups in total. The Labute approximate surface area is 196 Å². The third-order valence-electron chi connectivity index (χ3n) is 5.92. The number of hydrogen-bond acceptors (Lipinski definition) is 7. The lowest BCUT2D eigenvalue weighted by Crippen LogP contribution is -2.42. The van der Waals surface area contributed by atoms with Crippen LogP contribution in [-0.4, -0.2) is 78.2 Å². The Morgan fingerprint density at radius 2 is 1.91 bits per heavy atom. The molecule has 2 heterocycles. The molecule has 1 amide bonds. The van der Waals surface area contributed by atoms with E-state index in [0.717, 1.165) is 13.1 Å². The molecule has 2 fully saturated rings. The van der Waals surface area contributed by atoms with Crippen LogP contribution in [-0.2, 0) is 14.3 Å². The molecule has 0 radical (unpaired) electrons. The number of carbonyl (C=O) groups is 2. The Kier molecular flexibility index (Phi) is 6.88. The summed E-state index contributed by atoms with van der Waals surface area (Å²) in [7, 11) is 1.53. The van der Waals surface area contributed by atoms with Crippen molar-refractivity contribution in [2.24, 2.45) is 0 Å². The van der Waals surface area contributed by atoms with Gasteiger partial charge in [-0.3, -0.25) is 14.5 Å². The number of carbonyl (C=O) groups excluding carboxylic acids is 2. The highest BCUT2D eigenvalue weighted by Crippen LogP contribution is 2.41. The molecule has 174 valence electrons. The number of ketones is 1. The Morgan fingerprint density at radius 1 is 1.15 bits per heavy atom. The Morgan fingerprint density at radius 3 is 2.64 bits per heavy atom.